The summed E-state index contributed by atoms with van der Waals surface area (Å²) in [5.41, 5.74) is 2.85. The standard InChI is InChI=1S/C28H34NO5P/c1-5-12-22-18-29(24-16-11-10-15-23(22)24)27-26(34-35(4)32-17-6-2)25(20(3)19-31-27)33-28(30)21-13-8-7-9-14-21/h6-11,13-16,18,20,25-27H,2,5,12,17,19H2,1,3-4H3. The summed E-state index contributed by atoms with van der Waals surface area (Å²) in [4.78, 5) is 13.0. The van der Waals surface area contributed by atoms with E-state index in [1.165, 1.54) is 10.9 Å². The third-order valence-corrected chi connectivity index (χ3v) is 7.26. The maximum atomic E-state index is 13.0. The number of nitrogens with zero attached hydrogens (tertiary/aromatic N) is 1. The third kappa shape index (κ3) is 5.84. The van der Waals surface area contributed by atoms with Crippen molar-refractivity contribution in [3.05, 3.63) is 84.6 Å². The molecule has 0 bridgehead atoms. The van der Waals surface area contributed by atoms with Crippen LogP contribution >= 0.6 is 8.38 Å². The molecule has 0 aliphatic carbocycles. The minimum Gasteiger partial charge on any atom is -0.455 e. The van der Waals surface area contributed by atoms with Gasteiger partial charge in [0, 0.05) is 24.2 Å². The lowest BCUT2D eigenvalue weighted by Crippen LogP contribution is -2.49. The van der Waals surface area contributed by atoms with E-state index in [1.54, 1.807) is 18.2 Å². The minimum absolute atomic E-state index is 0.0522. The highest BCUT2D eigenvalue weighted by atomic mass is 31.2. The SMILES string of the molecule is C=CCOP(C)OC1C(OC(=O)c2ccccc2)C(C)COC1n1cc(CCC)c2ccccc21. The molecule has 4 rings (SSSR count). The molecule has 1 aliphatic heterocycles. The monoisotopic (exact) mass is 495 g/mol. The van der Waals surface area contributed by atoms with Crippen LogP contribution in [0.2, 0.25) is 0 Å². The summed E-state index contributed by atoms with van der Waals surface area (Å²) >= 11 is 0. The lowest BCUT2D eigenvalue weighted by molar-refractivity contribution is -0.178. The summed E-state index contributed by atoms with van der Waals surface area (Å²) in [7, 11) is -1.25. The fraction of sp³-hybridized carbons (Fsp3) is 0.393. The van der Waals surface area contributed by atoms with Crippen LogP contribution in [0.15, 0.2) is 73.4 Å². The molecule has 186 valence electrons. The zero-order valence-electron chi connectivity index (χ0n) is 20.6. The Morgan fingerprint density at radius 3 is 2.66 bits per heavy atom. The van der Waals surface area contributed by atoms with Crippen molar-refractivity contribution in [2.45, 2.75) is 45.1 Å². The predicted octanol–water partition coefficient (Wildman–Crippen LogP) is 6.51. The molecular formula is C28H34NO5P. The van der Waals surface area contributed by atoms with Gasteiger partial charge in [0.15, 0.2) is 14.6 Å². The molecule has 2 heterocycles. The van der Waals surface area contributed by atoms with Gasteiger partial charge in [0.2, 0.25) is 0 Å². The molecule has 0 spiro atoms. The number of hydrogen-bond acceptors (Lipinski definition) is 5. The fourth-order valence-electron chi connectivity index (χ4n) is 4.54. The molecular weight excluding hydrogens is 461 g/mol. The van der Waals surface area contributed by atoms with E-state index < -0.39 is 26.8 Å². The van der Waals surface area contributed by atoms with Crippen molar-refractivity contribution in [1.82, 2.24) is 4.57 Å². The van der Waals surface area contributed by atoms with Gasteiger partial charge in [-0.05, 0) is 30.2 Å². The summed E-state index contributed by atoms with van der Waals surface area (Å²) in [6.45, 7) is 10.7. The quantitative estimate of drug-likeness (QED) is 0.182. The van der Waals surface area contributed by atoms with Gasteiger partial charge in [0.05, 0.1) is 24.3 Å². The summed E-state index contributed by atoms with van der Waals surface area (Å²) < 4.78 is 26.9. The maximum absolute atomic E-state index is 13.0. The Morgan fingerprint density at radius 2 is 1.91 bits per heavy atom. The molecule has 3 aromatic rings. The number of carbonyl (C=O) groups is 1. The number of hydrogen-bond donors (Lipinski definition) is 0. The number of aromatic nitrogens is 1. The van der Waals surface area contributed by atoms with Gasteiger partial charge >= 0.3 is 5.97 Å². The number of carbonyl (C=O) groups excluding carboxylic acids is 1. The van der Waals surface area contributed by atoms with Crippen LogP contribution in [0.3, 0.4) is 0 Å². The van der Waals surface area contributed by atoms with Crippen LogP contribution in [0.4, 0.5) is 0 Å². The summed E-state index contributed by atoms with van der Waals surface area (Å²) in [6, 6.07) is 17.4. The molecule has 1 aliphatic rings. The second-order valence-corrected chi connectivity index (χ2v) is 10.2. The molecule has 6 nitrogen and oxygen atoms in total. The van der Waals surface area contributed by atoms with Crippen LogP contribution in [0.5, 0.6) is 0 Å². The van der Waals surface area contributed by atoms with E-state index in [0.717, 1.165) is 18.4 Å². The second-order valence-electron chi connectivity index (χ2n) is 8.86. The Bertz CT molecular complexity index is 1130. The van der Waals surface area contributed by atoms with E-state index >= 15 is 0 Å². The largest absolute Gasteiger partial charge is 0.455 e. The van der Waals surface area contributed by atoms with Gasteiger partial charge in [0.25, 0.3) is 0 Å². The molecule has 35 heavy (non-hydrogen) atoms. The van der Waals surface area contributed by atoms with Crippen molar-refractivity contribution >= 4 is 25.2 Å². The zero-order chi connectivity index (χ0) is 24.8. The minimum atomic E-state index is -1.25. The van der Waals surface area contributed by atoms with Crippen molar-refractivity contribution in [2.24, 2.45) is 5.92 Å². The van der Waals surface area contributed by atoms with Gasteiger partial charge in [-0.3, -0.25) is 0 Å². The van der Waals surface area contributed by atoms with Crippen molar-refractivity contribution in [3.8, 4) is 0 Å². The van der Waals surface area contributed by atoms with Gasteiger partial charge in [-0.2, -0.15) is 0 Å². The summed E-state index contributed by atoms with van der Waals surface area (Å²) in [6.07, 6.45) is 4.35. The lowest BCUT2D eigenvalue weighted by Gasteiger charge is -2.42. The Kier molecular flexibility index (Phi) is 8.74. The van der Waals surface area contributed by atoms with Gasteiger partial charge in [0.1, 0.15) is 12.2 Å². The zero-order valence-corrected chi connectivity index (χ0v) is 21.5. The van der Waals surface area contributed by atoms with Crippen LogP contribution in [0, 0.1) is 5.92 Å². The fourth-order valence-corrected chi connectivity index (χ4v) is 5.48. The van der Waals surface area contributed by atoms with E-state index in [-0.39, 0.29) is 11.9 Å². The average molecular weight is 496 g/mol. The topological polar surface area (TPSA) is 58.9 Å². The molecule has 7 heteroatoms. The number of esters is 1. The van der Waals surface area contributed by atoms with E-state index in [2.05, 4.69) is 42.5 Å². The van der Waals surface area contributed by atoms with E-state index in [0.29, 0.717) is 18.8 Å². The van der Waals surface area contributed by atoms with Gasteiger partial charge in [-0.25, -0.2) is 4.79 Å². The number of aryl methyl sites for hydroxylation is 1. The van der Waals surface area contributed by atoms with Gasteiger partial charge in [-0.15, -0.1) is 6.58 Å². The Balaban J connectivity index is 1.70. The molecule has 0 saturated carbocycles. The molecule has 5 unspecified atom stereocenters. The number of para-hydroxylation sites is 1. The first-order valence-electron chi connectivity index (χ1n) is 12.1. The highest BCUT2D eigenvalue weighted by molar-refractivity contribution is 7.46. The molecule has 5 atom stereocenters. The van der Waals surface area contributed by atoms with Crippen LogP contribution in [0.25, 0.3) is 10.9 Å². The predicted molar refractivity (Wildman–Crippen MR) is 140 cm³/mol. The maximum Gasteiger partial charge on any atom is 0.338 e. The summed E-state index contributed by atoms with van der Waals surface area (Å²) in [5.74, 6) is -0.420. The Morgan fingerprint density at radius 1 is 1.17 bits per heavy atom. The van der Waals surface area contributed by atoms with E-state index in [9.17, 15) is 4.79 Å². The molecule has 1 saturated heterocycles. The first-order valence-corrected chi connectivity index (χ1v) is 13.8. The normalized spacial score (nSPS) is 23.2. The Hall–Kier alpha value is -2.50. The molecule has 0 amide bonds. The Labute approximate surface area is 208 Å². The second kappa shape index (κ2) is 12.0. The summed E-state index contributed by atoms with van der Waals surface area (Å²) in [5, 5.41) is 1.20. The number of ether oxygens (including phenoxy) is 2. The van der Waals surface area contributed by atoms with Crippen molar-refractivity contribution < 1.29 is 23.3 Å². The average Bonchev–Trinajstić information content (AvgIpc) is 3.24. The van der Waals surface area contributed by atoms with Crippen LogP contribution < -0.4 is 0 Å². The van der Waals surface area contributed by atoms with E-state index in [1.807, 2.05) is 37.9 Å². The number of benzene rings is 2. The smallest absolute Gasteiger partial charge is 0.338 e. The highest BCUT2D eigenvalue weighted by Gasteiger charge is 2.44. The molecule has 2 aromatic carbocycles. The molecule has 1 aromatic heterocycles. The van der Waals surface area contributed by atoms with Crippen molar-refractivity contribution in [2.75, 3.05) is 19.9 Å². The number of rotatable bonds is 10. The van der Waals surface area contributed by atoms with Gasteiger partial charge in [-0.1, -0.05) is 62.7 Å². The first-order chi connectivity index (χ1) is 17.0. The molecule has 0 radical (unpaired) electrons. The molecule has 0 N–H and O–H groups in total. The first kappa shape index (κ1) is 25.6. The van der Waals surface area contributed by atoms with Crippen molar-refractivity contribution in [3.63, 3.8) is 0 Å². The van der Waals surface area contributed by atoms with Crippen LogP contribution in [-0.2, 0) is 24.9 Å². The molecule has 1 fully saturated rings. The third-order valence-electron chi connectivity index (χ3n) is 6.21. The van der Waals surface area contributed by atoms with E-state index in [4.69, 9.17) is 18.5 Å². The number of fused-ring (bicyclic) bond motifs is 1. The lowest BCUT2D eigenvalue weighted by atomic mass is 9.96. The highest BCUT2D eigenvalue weighted by Crippen LogP contribution is 2.44. The van der Waals surface area contributed by atoms with Gasteiger partial charge < -0.3 is 23.1 Å². The van der Waals surface area contributed by atoms with Crippen LogP contribution in [-0.4, -0.2) is 42.6 Å². The van der Waals surface area contributed by atoms with Crippen molar-refractivity contribution in [1.29, 1.82) is 0 Å². The van der Waals surface area contributed by atoms with Crippen LogP contribution in [0.1, 0.15) is 42.4 Å².